The van der Waals surface area contributed by atoms with Crippen molar-refractivity contribution in [1.29, 1.82) is 0 Å². The lowest BCUT2D eigenvalue weighted by Crippen LogP contribution is -2.36. The minimum Gasteiger partial charge on any atom is -0.388 e. The molecule has 1 aliphatic heterocycles. The van der Waals surface area contributed by atoms with Gasteiger partial charge in [-0.3, -0.25) is 14.3 Å². The lowest BCUT2D eigenvalue weighted by atomic mass is 10.2. The van der Waals surface area contributed by atoms with Gasteiger partial charge in [0, 0.05) is 6.42 Å². The zero-order valence-electron chi connectivity index (χ0n) is 8.51. The molecule has 0 spiro atoms. The summed E-state index contributed by atoms with van der Waals surface area (Å²) in [6, 6.07) is 0. The zero-order chi connectivity index (χ0) is 11.9. The highest BCUT2D eigenvalue weighted by Crippen LogP contribution is 2.26. The molecule has 0 aromatic carbocycles. The first-order chi connectivity index (χ1) is 7.49. The number of aromatic nitrogens is 2. The summed E-state index contributed by atoms with van der Waals surface area (Å²) in [7, 11) is 0. The van der Waals surface area contributed by atoms with Gasteiger partial charge in [-0.15, -0.1) is 0 Å². The van der Waals surface area contributed by atoms with Crippen molar-refractivity contribution < 1.29 is 14.2 Å². The SMILES string of the molecule is C[C@@H]1C[C@@H](O)[C@H](n2cc(F)c(=O)[nH]c2=O)O1. The second kappa shape index (κ2) is 3.84. The smallest absolute Gasteiger partial charge is 0.330 e. The van der Waals surface area contributed by atoms with E-state index in [-0.39, 0.29) is 6.10 Å². The van der Waals surface area contributed by atoms with Crippen LogP contribution in [0.2, 0.25) is 0 Å². The quantitative estimate of drug-likeness (QED) is 0.671. The third-order valence-electron chi connectivity index (χ3n) is 2.47. The van der Waals surface area contributed by atoms with E-state index < -0.39 is 29.4 Å². The number of nitrogens with zero attached hydrogens (tertiary/aromatic N) is 1. The molecular weight excluding hydrogens is 219 g/mol. The van der Waals surface area contributed by atoms with Crippen molar-refractivity contribution in [3.8, 4) is 0 Å². The maximum absolute atomic E-state index is 13.0. The lowest BCUT2D eigenvalue weighted by Gasteiger charge is -2.16. The van der Waals surface area contributed by atoms with Crippen LogP contribution in [-0.4, -0.2) is 26.9 Å². The van der Waals surface area contributed by atoms with Gasteiger partial charge in [0.15, 0.2) is 6.23 Å². The molecule has 2 rings (SSSR count). The van der Waals surface area contributed by atoms with Crippen molar-refractivity contribution in [2.24, 2.45) is 0 Å². The maximum Gasteiger partial charge on any atom is 0.330 e. The van der Waals surface area contributed by atoms with Gasteiger partial charge < -0.3 is 9.84 Å². The standard InChI is InChI=1S/C9H11FN2O4/c1-4-2-6(13)8(16-4)12-3-5(10)7(14)11-9(12)15/h3-4,6,8,13H,2H2,1H3,(H,11,14,15)/t4-,6-,8-/m1/s1. The summed E-state index contributed by atoms with van der Waals surface area (Å²) in [5.74, 6) is -1.09. The third kappa shape index (κ3) is 1.79. The molecule has 0 amide bonds. The summed E-state index contributed by atoms with van der Waals surface area (Å²) in [6.07, 6.45) is -0.959. The van der Waals surface area contributed by atoms with E-state index in [0.717, 1.165) is 10.8 Å². The van der Waals surface area contributed by atoms with Crippen molar-refractivity contribution >= 4 is 0 Å². The van der Waals surface area contributed by atoms with E-state index in [9.17, 15) is 19.1 Å². The number of ether oxygens (including phenoxy) is 1. The van der Waals surface area contributed by atoms with Crippen molar-refractivity contribution in [3.05, 3.63) is 32.9 Å². The molecule has 6 nitrogen and oxygen atoms in total. The Morgan fingerprint density at radius 2 is 2.31 bits per heavy atom. The summed E-state index contributed by atoms with van der Waals surface area (Å²) in [6.45, 7) is 1.73. The Morgan fingerprint density at radius 3 is 2.88 bits per heavy atom. The van der Waals surface area contributed by atoms with E-state index in [2.05, 4.69) is 0 Å². The van der Waals surface area contributed by atoms with Gasteiger partial charge in [0.25, 0.3) is 5.56 Å². The van der Waals surface area contributed by atoms with Gasteiger partial charge in [0.2, 0.25) is 5.82 Å². The van der Waals surface area contributed by atoms with E-state index in [1.165, 1.54) is 0 Å². The molecular formula is C9H11FN2O4. The second-order valence-corrected chi connectivity index (χ2v) is 3.78. The molecule has 2 N–H and O–H groups in total. The van der Waals surface area contributed by atoms with Crippen LogP contribution in [0, 0.1) is 5.82 Å². The first kappa shape index (κ1) is 11.0. The average Bonchev–Trinajstić information content (AvgIpc) is 2.51. The Bertz CT molecular complexity index is 509. The maximum atomic E-state index is 13.0. The van der Waals surface area contributed by atoms with Gasteiger partial charge in [-0.25, -0.2) is 4.79 Å². The fourth-order valence-electron chi connectivity index (χ4n) is 1.74. The number of H-pyrrole nitrogens is 1. The summed E-state index contributed by atoms with van der Waals surface area (Å²) in [5, 5.41) is 9.60. The van der Waals surface area contributed by atoms with Gasteiger partial charge in [-0.2, -0.15) is 4.39 Å². The zero-order valence-corrected chi connectivity index (χ0v) is 8.51. The molecule has 1 aromatic heterocycles. The highest BCUT2D eigenvalue weighted by atomic mass is 19.1. The fourth-order valence-corrected chi connectivity index (χ4v) is 1.74. The second-order valence-electron chi connectivity index (χ2n) is 3.78. The molecule has 88 valence electrons. The molecule has 0 unspecified atom stereocenters. The number of aliphatic hydroxyl groups excluding tert-OH is 1. The molecule has 1 aliphatic rings. The number of hydrogen-bond donors (Lipinski definition) is 2. The summed E-state index contributed by atoms with van der Waals surface area (Å²) >= 11 is 0. The van der Waals surface area contributed by atoms with Crippen molar-refractivity contribution in [2.75, 3.05) is 0 Å². The molecule has 1 fully saturated rings. The summed E-state index contributed by atoms with van der Waals surface area (Å²) in [5.41, 5.74) is -1.88. The molecule has 0 saturated carbocycles. The number of hydrogen-bond acceptors (Lipinski definition) is 4. The van der Waals surface area contributed by atoms with Crippen LogP contribution < -0.4 is 11.2 Å². The summed E-state index contributed by atoms with van der Waals surface area (Å²) < 4.78 is 19.1. The minimum absolute atomic E-state index is 0.220. The van der Waals surface area contributed by atoms with Crippen LogP contribution in [0.25, 0.3) is 0 Å². The first-order valence-corrected chi connectivity index (χ1v) is 4.83. The number of aromatic amines is 1. The molecule has 7 heteroatoms. The average molecular weight is 230 g/mol. The topological polar surface area (TPSA) is 84.3 Å². The molecule has 3 atom stereocenters. The third-order valence-corrected chi connectivity index (χ3v) is 2.47. The molecule has 0 aliphatic carbocycles. The predicted molar refractivity (Wildman–Crippen MR) is 51.5 cm³/mol. The molecule has 16 heavy (non-hydrogen) atoms. The monoisotopic (exact) mass is 230 g/mol. The van der Waals surface area contributed by atoms with Gasteiger partial charge in [-0.05, 0) is 6.92 Å². The van der Waals surface area contributed by atoms with Crippen molar-refractivity contribution in [1.82, 2.24) is 9.55 Å². The van der Waals surface area contributed by atoms with E-state index in [1.54, 1.807) is 11.9 Å². The van der Waals surface area contributed by atoms with Crippen LogP contribution in [0.1, 0.15) is 19.6 Å². The molecule has 2 heterocycles. The molecule has 1 aromatic rings. The Hall–Kier alpha value is -1.47. The Labute approximate surface area is 89.3 Å². The van der Waals surface area contributed by atoms with E-state index >= 15 is 0 Å². The first-order valence-electron chi connectivity index (χ1n) is 4.83. The Kier molecular flexibility index (Phi) is 2.64. The van der Waals surface area contributed by atoms with Crippen LogP contribution in [0.4, 0.5) is 4.39 Å². The van der Waals surface area contributed by atoms with E-state index in [4.69, 9.17) is 4.74 Å². The van der Waals surface area contributed by atoms with Gasteiger partial charge >= 0.3 is 5.69 Å². The fraction of sp³-hybridized carbons (Fsp3) is 0.556. The van der Waals surface area contributed by atoms with E-state index in [0.29, 0.717) is 6.42 Å². The van der Waals surface area contributed by atoms with Gasteiger partial charge in [0.1, 0.15) is 6.10 Å². The predicted octanol–water partition coefficient (Wildman–Crippen LogP) is -0.656. The number of aliphatic hydroxyl groups is 1. The number of nitrogens with one attached hydrogen (secondary N) is 1. The van der Waals surface area contributed by atoms with Gasteiger partial charge in [0.05, 0.1) is 12.3 Å². The molecule has 0 bridgehead atoms. The highest BCUT2D eigenvalue weighted by molar-refractivity contribution is 4.91. The molecule has 0 radical (unpaired) electrons. The molecule has 1 saturated heterocycles. The highest BCUT2D eigenvalue weighted by Gasteiger charge is 2.33. The van der Waals surface area contributed by atoms with Crippen LogP contribution in [0.5, 0.6) is 0 Å². The van der Waals surface area contributed by atoms with Crippen LogP contribution >= 0.6 is 0 Å². The Balaban J connectivity index is 2.45. The van der Waals surface area contributed by atoms with Crippen molar-refractivity contribution in [2.45, 2.75) is 31.8 Å². The Morgan fingerprint density at radius 1 is 1.62 bits per heavy atom. The minimum atomic E-state index is -1.09. The van der Waals surface area contributed by atoms with Gasteiger partial charge in [-0.1, -0.05) is 0 Å². The largest absolute Gasteiger partial charge is 0.388 e. The number of halogens is 1. The van der Waals surface area contributed by atoms with Crippen LogP contribution in [-0.2, 0) is 4.74 Å². The summed E-state index contributed by atoms with van der Waals surface area (Å²) in [4.78, 5) is 24.0. The van der Waals surface area contributed by atoms with Crippen molar-refractivity contribution in [3.63, 3.8) is 0 Å². The number of rotatable bonds is 1. The van der Waals surface area contributed by atoms with Crippen LogP contribution in [0.15, 0.2) is 15.8 Å². The normalized spacial score (nSPS) is 29.6. The lowest BCUT2D eigenvalue weighted by molar-refractivity contribution is -0.0354. The van der Waals surface area contributed by atoms with Crippen LogP contribution in [0.3, 0.4) is 0 Å². The van der Waals surface area contributed by atoms with E-state index in [1.807, 2.05) is 0 Å².